The van der Waals surface area contributed by atoms with Crippen LogP contribution in [0.15, 0.2) is 4.99 Å². The highest BCUT2D eigenvalue weighted by molar-refractivity contribution is 5.79. The first-order valence-corrected chi connectivity index (χ1v) is 6.74. The van der Waals surface area contributed by atoms with Crippen LogP contribution >= 0.6 is 0 Å². The van der Waals surface area contributed by atoms with E-state index in [1.165, 1.54) is 25.7 Å². The van der Waals surface area contributed by atoms with Crippen molar-refractivity contribution in [2.75, 3.05) is 13.6 Å². The van der Waals surface area contributed by atoms with Crippen LogP contribution in [0.1, 0.15) is 52.9 Å². The summed E-state index contributed by atoms with van der Waals surface area (Å²) in [5, 5.41) is 0. The van der Waals surface area contributed by atoms with Gasteiger partial charge in [0, 0.05) is 19.6 Å². The van der Waals surface area contributed by atoms with Gasteiger partial charge in [-0.05, 0) is 37.5 Å². The molecule has 0 heterocycles. The van der Waals surface area contributed by atoms with E-state index in [1.807, 2.05) is 0 Å². The van der Waals surface area contributed by atoms with E-state index in [0.717, 1.165) is 18.9 Å². The molecule has 0 aromatic rings. The minimum Gasteiger partial charge on any atom is -0.342 e. The second kappa shape index (κ2) is 6.24. The summed E-state index contributed by atoms with van der Waals surface area (Å²) in [7, 11) is 2.09. The van der Waals surface area contributed by atoms with Crippen LogP contribution in [0, 0.1) is 5.41 Å². The summed E-state index contributed by atoms with van der Waals surface area (Å²) in [6.45, 7) is 7.68. The highest BCUT2D eigenvalue weighted by Gasteiger charge is 2.29. The molecule has 4 nitrogen and oxygen atoms in total. The van der Waals surface area contributed by atoms with Gasteiger partial charge >= 0.3 is 0 Å². The molecule has 0 unspecified atom stereocenters. The number of nitrogens with zero attached hydrogens (tertiary/aromatic N) is 2. The molecule has 0 aromatic carbocycles. The van der Waals surface area contributed by atoms with E-state index in [1.54, 1.807) is 0 Å². The van der Waals surface area contributed by atoms with Crippen LogP contribution in [0.3, 0.4) is 0 Å². The lowest BCUT2D eigenvalue weighted by molar-refractivity contribution is 0.167. The molecule has 0 atom stereocenters. The van der Waals surface area contributed by atoms with Crippen LogP contribution in [0.4, 0.5) is 0 Å². The van der Waals surface area contributed by atoms with Gasteiger partial charge in [0.15, 0.2) is 0 Å². The van der Waals surface area contributed by atoms with Gasteiger partial charge in [-0.25, -0.2) is 5.84 Å². The largest absolute Gasteiger partial charge is 0.342 e. The SMILES string of the molecule is CCCN=C(NN)N(C)C1CCC(C)(C)CC1. The summed E-state index contributed by atoms with van der Waals surface area (Å²) in [5.74, 6) is 6.38. The van der Waals surface area contributed by atoms with E-state index in [-0.39, 0.29) is 0 Å². The molecule has 0 amide bonds. The fourth-order valence-electron chi connectivity index (χ4n) is 2.42. The lowest BCUT2D eigenvalue weighted by Gasteiger charge is -2.39. The molecule has 0 spiro atoms. The molecule has 17 heavy (non-hydrogen) atoms. The van der Waals surface area contributed by atoms with Gasteiger partial charge in [-0.1, -0.05) is 20.8 Å². The molecule has 1 aliphatic rings. The van der Waals surface area contributed by atoms with Crippen LogP contribution in [0.25, 0.3) is 0 Å². The number of nitrogens with two attached hydrogens (primary N) is 1. The molecule has 1 aliphatic carbocycles. The second-order valence-electron chi connectivity index (χ2n) is 5.86. The molecule has 0 radical (unpaired) electrons. The van der Waals surface area contributed by atoms with E-state index >= 15 is 0 Å². The number of nitrogens with one attached hydrogen (secondary N) is 1. The van der Waals surface area contributed by atoms with Crippen molar-refractivity contribution < 1.29 is 0 Å². The Morgan fingerprint density at radius 3 is 2.47 bits per heavy atom. The van der Waals surface area contributed by atoms with E-state index < -0.39 is 0 Å². The van der Waals surface area contributed by atoms with Crippen molar-refractivity contribution >= 4 is 5.96 Å². The predicted molar refractivity (Wildman–Crippen MR) is 73.7 cm³/mol. The standard InChI is InChI=1S/C13H28N4/c1-5-10-15-12(16-14)17(4)11-6-8-13(2,3)9-7-11/h11H,5-10,14H2,1-4H3,(H,15,16). The normalized spacial score (nSPS) is 21.4. The second-order valence-corrected chi connectivity index (χ2v) is 5.86. The van der Waals surface area contributed by atoms with Gasteiger partial charge < -0.3 is 4.90 Å². The lowest BCUT2D eigenvalue weighted by atomic mass is 9.75. The molecule has 1 saturated carbocycles. The Labute approximate surface area is 106 Å². The number of hydrogen-bond donors (Lipinski definition) is 2. The van der Waals surface area contributed by atoms with Gasteiger partial charge in [-0.3, -0.25) is 10.4 Å². The molecule has 0 aromatic heterocycles. The Morgan fingerprint density at radius 2 is 2.00 bits per heavy atom. The van der Waals surface area contributed by atoms with Crippen LogP contribution in [-0.2, 0) is 0 Å². The number of guanidine groups is 1. The van der Waals surface area contributed by atoms with Crippen molar-refractivity contribution in [1.29, 1.82) is 0 Å². The Balaban J connectivity index is 2.54. The van der Waals surface area contributed by atoms with Crippen molar-refractivity contribution in [3.05, 3.63) is 0 Å². The van der Waals surface area contributed by atoms with Crippen LogP contribution < -0.4 is 11.3 Å². The zero-order chi connectivity index (χ0) is 12.9. The molecular weight excluding hydrogens is 212 g/mol. The van der Waals surface area contributed by atoms with Gasteiger partial charge in [0.05, 0.1) is 0 Å². The maximum atomic E-state index is 5.55. The molecule has 0 aliphatic heterocycles. The summed E-state index contributed by atoms with van der Waals surface area (Å²) in [6.07, 6.45) is 6.09. The fourth-order valence-corrected chi connectivity index (χ4v) is 2.42. The van der Waals surface area contributed by atoms with E-state index in [2.05, 4.69) is 43.1 Å². The highest BCUT2D eigenvalue weighted by Crippen LogP contribution is 2.36. The molecule has 0 bridgehead atoms. The van der Waals surface area contributed by atoms with E-state index in [9.17, 15) is 0 Å². The Hall–Kier alpha value is -0.770. The predicted octanol–water partition coefficient (Wildman–Crippen LogP) is 2.12. The molecule has 3 N–H and O–H groups in total. The van der Waals surface area contributed by atoms with E-state index in [0.29, 0.717) is 11.5 Å². The van der Waals surface area contributed by atoms with E-state index in [4.69, 9.17) is 5.84 Å². The van der Waals surface area contributed by atoms with Crippen LogP contribution in [0.2, 0.25) is 0 Å². The minimum atomic E-state index is 0.508. The molecule has 1 fully saturated rings. The summed E-state index contributed by atoms with van der Waals surface area (Å²) >= 11 is 0. The van der Waals surface area contributed by atoms with Crippen LogP contribution in [0.5, 0.6) is 0 Å². The Bertz CT molecular complexity index is 250. The zero-order valence-electron chi connectivity index (χ0n) is 11.8. The van der Waals surface area contributed by atoms with Crippen molar-refractivity contribution in [3.63, 3.8) is 0 Å². The first kappa shape index (κ1) is 14.3. The average Bonchev–Trinajstić information content (AvgIpc) is 2.29. The van der Waals surface area contributed by atoms with Crippen molar-refractivity contribution in [2.24, 2.45) is 16.3 Å². The van der Waals surface area contributed by atoms with Gasteiger partial charge in [-0.15, -0.1) is 0 Å². The van der Waals surface area contributed by atoms with Gasteiger partial charge in [0.2, 0.25) is 5.96 Å². The molecule has 4 heteroatoms. The quantitative estimate of drug-likeness (QED) is 0.344. The highest BCUT2D eigenvalue weighted by atomic mass is 15.4. The monoisotopic (exact) mass is 240 g/mol. The van der Waals surface area contributed by atoms with Crippen molar-refractivity contribution in [3.8, 4) is 0 Å². The lowest BCUT2D eigenvalue weighted by Crippen LogP contribution is -2.49. The third kappa shape index (κ3) is 4.19. The summed E-state index contributed by atoms with van der Waals surface area (Å²) in [5.41, 5.74) is 3.24. The summed E-state index contributed by atoms with van der Waals surface area (Å²) in [6, 6.07) is 0.578. The van der Waals surface area contributed by atoms with Gasteiger partial charge in [0.1, 0.15) is 0 Å². The number of hydrazine groups is 1. The average molecular weight is 240 g/mol. The zero-order valence-corrected chi connectivity index (χ0v) is 11.8. The Kier molecular flexibility index (Phi) is 5.25. The molecule has 100 valence electrons. The minimum absolute atomic E-state index is 0.508. The smallest absolute Gasteiger partial charge is 0.208 e. The molecule has 0 saturated heterocycles. The maximum absolute atomic E-state index is 5.55. The first-order valence-electron chi connectivity index (χ1n) is 6.74. The topological polar surface area (TPSA) is 53.6 Å². The summed E-state index contributed by atoms with van der Waals surface area (Å²) < 4.78 is 0. The van der Waals surface area contributed by atoms with Crippen molar-refractivity contribution in [2.45, 2.75) is 58.9 Å². The number of aliphatic imine (C=N–C) groups is 1. The first-order chi connectivity index (χ1) is 8.00. The third-order valence-corrected chi connectivity index (χ3v) is 3.80. The summed E-state index contributed by atoms with van der Waals surface area (Å²) in [4.78, 5) is 6.69. The van der Waals surface area contributed by atoms with Gasteiger partial charge in [0.25, 0.3) is 0 Å². The maximum Gasteiger partial charge on any atom is 0.208 e. The fraction of sp³-hybridized carbons (Fsp3) is 0.923. The molecule has 1 rings (SSSR count). The van der Waals surface area contributed by atoms with Gasteiger partial charge in [-0.2, -0.15) is 0 Å². The van der Waals surface area contributed by atoms with Crippen molar-refractivity contribution in [1.82, 2.24) is 10.3 Å². The van der Waals surface area contributed by atoms with Crippen LogP contribution in [-0.4, -0.2) is 30.5 Å². The number of rotatable bonds is 3. The molecular formula is C13H28N4. The third-order valence-electron chi connectivity index (χ3n) is 3.80. The number of hydrogen-bond acceptors (Lipinski definition) is 2. The Morgan fingerprint density at radius 1 is 1.41 bits per heavy atom.